The lowest BCUT2D eigenvalue weighted by Gasteiger charge is -2.34. The van der Waals surface area contributed by atoms with Crippen molar-refractivity contribution in [1.82, 2.24) is 24.3 Å². The molecule has 0 atom stereocenters. The molecule has 3 N–H and O–H groups in total. The summed E-state index contributed by atoms with van der Waals surface area (Å²) in [6.45, 7) is 6.29. The third-order valence-corrected chi connectivity index (χ3v) is 4.49. The highest BCUT2D eigenvalue weighted by molar-refractivity contribution is 5.43. The van der Waals surface area contributed by atoms with Gasteiger partial charge in [0.2, 0.25) is 5.95 Å². The van der Waals surface area contributed by atoms with Gasteiger partial charge in [-0.1, -0.05) is 0 Å². The van der Waals surface area contributed by atoms with Crippen LogP contribution in [-0.2, 0) is 6.54 Å². The molecule has 0 spiro atoms. The van der Waals surface area contributed by atoms with Gasteiger partial charge in [-0.2, -0.15) is 4.98 Å². The van der Waals surface area contributed by atoms with Crippen molar-refractivity contribution in [3.63, 3.8) is 0 Å². The summed E-state index contributed by atoms with van der Waals surface area (Å²) in [6.07, 6.45) is 4.13. The Bertz CT molecular complexity index is 953. The molecule has 0 aromatic carbocycles. The zero-order chi connectivity index (χ0) is 17.4. The number of H-pyrrole nitrogens is 1. The fourth-order valence-corrected chi connectivity index (χ4v) is 3.20. The molecule has 1 aliphatic heterocycles. The maximum absolute atomic E-state index is 11.5. The molecule has 0 bridgehead atoms. The molecule has 1 fully saturated rings. The first-order chi connectivity index (χ1) is 12.1. The SMILES string of the molecule is Cc1ccn2cc(CN3CCN(c4cc(=O)[nH]c(N)n4)CC3)nc2c1. The van der Waals surface area contributed by atoms with Crippen LogP contribution in [-0.4, -0.2) is 50.4 Å². The molecule has 3 aromatic heterocycles. The van der Waals surface area contributed by atoms with E-state index in [9.17, 15) is 4.79 Å². The third kappa shape index (κ3) is 3.34. The van der Waals surface area contributed by atoms with Gasteiger partial charge in [0.1, 0.15) is 11.5 Å². The van der Waals surface area contributed by atoms with E-state index in [0.29, 0.717) is 5.82 Å². The van der Waals surface area contributed by atoms with Gasteiger partial charge >= 0.3 is 0 Å². The van der Waals surface area contributed by atoms with E-state index in [1.165, 1.54) is 11.6 Å². The number of nitrogens with zero attached hydrogens (tertiary/aromatic N) is 5. The van der Waals surface area contributed by atoms with E-state index in [1.54, 1.807) is 0 Å². The van der Waals surface area contributed by atoms with Crippen LogP contribution in [0.2, 0.25) is 0 Å². The van der Waals surface area contributed by atoms with Gasteiger partial charge in [0.25, 0.3) is 5.56 Å². The van der Waals surface area contributed by atoms with Crippen LogP contribution in [0.5, 0.6) is 0 Å². The van der Waals surface area contributed by atoms with Gasteiger partial charge in [-0.3, -0.25) is 14.7 Å². The van der Waals surface area contributed by atoms with Gasteiger partial charge in [0.15, 0.2) is 0 Å². The molecule has 3 aromatic rings. The molecule has 0 aliphatic carbocycles. The van der Waals surface area contributed by atoms with Crippen molar-refractivity contribution in [2.75, 3.05) is 36.8 Å². The van der Waals surface area contributed by atoms with Crippen molar-refractivity contribution in [3.8, 4) is 0 Å². The normalized spacial score (nSPS) is 15.8. The van der Waals surface area contributed by atoms with E-state index in [4.69, 9.17) is 10.7 Å². The molecule has 4 rings (SSSR count). The monoisotopic (exact) mass is 339 g/mol. The summed E-state index contributed by atoms with van der Waals surface area (Å²) in [6, 6.07) is 5.67. The first kappa shape index (κ1) is 15.6. The first-order valence-corrected chi connectivity index (χ1v) is 8.35. The third-order valence-electron chi connectivity index (χ3n) is 4.49. The van der Waals surface area contributed by atoms with E-state index >= 15 is 0 Å². The fourth-order valence-electron chi connectivity index (χ4n) is 3.20. The highest BCUT2D eigenvalue weighted by Crippen LogP contribution is 2.15. The number of nitrogens with one attached hydrogen (secondary N) is 1. The van der Waals surface area contributed by atoms with E-state index in [1.807, 2.05) is 6.20 Å². The Balaban J connectivity index is 1.42. The van der Waals surface area contributed by atoms with Gasteiger partial charge in [-0.25, -0.2) is 4.98 Å². The maximum Gasteiger partial charge on any atom is 0.254 e. The quantitative estimate of drug-likeness (QED) is 0.727. The number of hydrogen-bond acceptors (Lipinski definition) is 6. The molecular weight excluding hydrogens is 318 g/mol. The second kappa shape index (κ2) is 6.21. The Hall–Kier alpha value is -2.87. The van der Waals surface area contributed by atoms with Gasteiger partial charge < -0.3 is 15.0 Å². The van der Waals surface area contributed by atoms with E-state index < -0.39 is 0 Å². The summed E-state index contributed by atoms with van der Waals surface area (Å²) in [5.74, 6) is 0.800. The van der Waals surface area contributed by atoms with Crippen molar-refractivity contribution < 1.29 is 0 Å². The lowest BCUT2D eigenvalue weighted by atomic mass is 10.3. The van der Waals surface area contributed by atoms with Crippen molar-refractivity contribution in [3.05, 3.63) is 52.2 Å². The molecule has 0 saturated carbocycles. The van der Waals surface area contributed by atoms with E-state index in [0.717, 1.165) is 44.1 Å². The highest BCUT2D eigenvalue weighted by atomic mass is 16.1. The first-order valence-electron chi connectivity index (χ1n) is 8.35. The lowest BCUT2D eigenvalue weighted by molar-refractivity contribution is 0.247. The average molecular weight is 339 g/mol. The fraction of sp³-hybridized carbons (Fsp3) is 0.353. The van der Waals surface area contributed by atoms with E-state index in [-0.39, 0.29) is 11.5 Å². The summed E-state index contributed by atoms with van der Waals surface area (Å²) in [5.41, 5.74) is 8.67. The molecule has 0 radical (unpaired) electrons. The number of nitrogens with two attached hydrogens (primary N) is 1. The summed E-state index contributed by atoms with van der Waals surface area (Å²) in [7, 11) is 0. The average Bonchev–Trinajstić information content (AvgIpc) is 2.96. The van der Waals surface area contributed by atoms with Crippen LogP contribution in [0.25, 0.3) is 5.65 Å². The predicted molar refractivity (Wildman–Crippen MR) is 96.7 cm³/mol. The second-order valence-corrected chi connectivity index (χ2v) is 6.45. The van der Waals surface area contributed by atoms with Crippen molar-refractivity contribution in [2.45, 2.75) is 13.5 Å². The van der Waals surface area contributed by atoms with Crippen LogP contribution >= 0.6 is 0 Å². The zero-order valence-corrected chi connectivity index (χ0v) is 14.1. The molecule has 8 nitrogen and oxygen atoms in total. The summed E-state index contributed by atoms with van der Waals surface area (Å²) >= 11 is 0. The standard InChI is InChI=1S/C17H21N7O/c1-12-2-3-24-11-13(19-14(24)8-12)10-22-4-6-23(7-5-22)15-9-16(25)21-17(18)20-15/h2-3,8-9,11H,4-7,10H2,1H3,(H3,18,20,21,25). The van der Waals surface area contributed by atoms with Crippen molar-refractivity contribution in [1.29, 1.82) is 0 Å². The summed E-state index contributed by atoms with van der Waals surface area (Å²) in [5, 5.41) is 0. The smallest absolute Gasteiger partial charge is 0.254 e. The van der Waals surface area contributed by atoms with Crippen LogP contribution in [0.1, 0.15) is 11.3 Å². The molecule has 130 valence electrons. The van der Waals surface area contributed by atoms with Gasteiger partial charge in [0, 0.05) is 51.2 Å². The Kier molecular flexibility index (Phi) is 3.89. The molecule has 25 heavy (non-hydrogen) atoms. The Morgan fingerprint density at radius 3 is 2.76 bits per heavy atom. The number of hydrogen-bond donors (Lipinski definition) is 2. The molecule has 0 amide bonds. The largest absolute Gasteiger partial charge is 0.369 e. The maximum atomic E-state index is 11.5. The molecule has 1 aliphatic rings. The van der Waals surface area contributed by atoms with Crippen molar-refractivity contribution in [2.24, 2.45) is 0 Å². The Morgan fingerprint density at radius 1 is 1.20 bits per heavy atom. The Morgan fingerprint density at radius 2 is 2.00 bits per heavy atom. The van der Waals surface area contributed by atoms with Crippen LogP contribution in [0.4, 0.5) is 11.8 Å². The number of rotatable bonds is 3. The lowest BCUT2D eigenvalue weighted by Crippen LogP contribution is -2.46. The summed E-state index contributed by atoms with van der Waals surface area (Å²) in [4.78, 5) is 27.4. The minimum absolute atomic E-state index is 0.157. The molecule has 0 unspecified atom stereocenters. The topological polar surface area (TPSA) is 95.5 Å². The van der Waals surface area contributed by atoms with Crippen LogP contribution < -0.4 is 16.2 Å². The number of piperazine rings is 1. The summed E-state index contributed by atoms with van der Waals surface area (Å²) < 4.78 is 2.06. The van der Waals surface area contributed by atoms with Crippen LogP contribution in [0.15, 0.2) is 35.4 Å². The zero-order valence-electron chi connectivity index (χ0n) is 14.1. The minimum atomic E-state index is -0.218. The van der Waals surface area contributed by atoms with Gasteiger partial charge in [-0.15, -0.1) is 0 Å². The van der Waals surface area contributed by atoms with Crippen molar-refractivity contribution >= 4 is 17.4 Å². The van der Waals surface area contributed by atoms with Gasteiger partial charge in [-0.05, 0) is 24.6 Å². The highest BCUT2D eigenvalue weighted by Gasteiger charge is 2.19. The van der Waals surface area contributed by atoms with Crippen LogP contribution in [0.3, 0.4) is 0 Å². The molecule has 1 saturated heterocycles. The Labute approximate surface area is 144 Å². The second-order valence-electron chi connectivity index (χ2n) is 6.45. The molecule has 4 heterocycles. The van der Waals surface area contributed by atoms with Crippen LogP contribution in [0, 0.1) is 6.92 Å². The molecule has 8 heteroatoms. The predicted octanol–water partition coefficient (Wildman–Crippen LogP) is 0.630. The number of anilines is 2. The number of aromatic nitrogens is 4. The number of aromatic amines is 1. The number of nitrogen functional groups attached to an aromatic ring is 1. The number of aryl methyl sites for hydroxylation is 1. The number of pyridine rings is 1. The van der Waals surface area contributed by atoms with Gasteiger partial charge in [0.05, 0.1) is 5.69 Å². The minimum Gasteiger partial charge on any atom is -0.369 e. The number of imidazole rings is 1. The van der Waals surface area contributed by atoms with E-state index in [2.05, 4.69) is 49.4 Å². The number of fused-ring (bicyclic) bond motifs is 1. The molecular formula is C17H21N7O.